The Balaban J connectivity index is 2.48. The van der Waals surface area contributed by atoms with E-state index in [4.69, 9.17) is 5.11 Å². The number of carbonyl (C=O) groups excluding carboxylic acids is 2. The highest BCUT2D eigenvalue weighted by Gasteiger charge is 2.30. The molecule has 0 saturated carbocycles. The molecular weight excluding hydrogens is 262 g/mol. The SMILES string of the molecule is CC(NC(=O)NC(C)(C)C(=O)O)C(=O)N1CCCCC1. The number of amides is 3. The van der Waals surface area contributed by atoms with Crippen LogP contribution in [0.3, 0.4) is 0 Å². The van der Waals surface area contributed by atoms with Gasteiger partial charge in [0.15, 0.2) is 0 Å². The Kier molecular flexibility index (Phi) is 5.35. The maximum atomic E-state index is 12.1. The van der Waals surface area contributed by atoms with Gasteiger partial charge in [-0.3, -0.25) is 4.79 Å². The van der Waals surface area contributed by atoms with Gasteiger partial charge in [-0.1, -0.05) is 0 Å². The van der Waals surface area contributed by atoms with Crippen molar-refractivity contribution < 1.29 is 19.5 Å². The van der Waals surface area contributed by atoms with Crippen LogP contribution in [-0.4, -0.2) is 52.6 Å². The molecule has 0 spiro atoms. The van der Waals surface area contributed by atoms with Gasteiger partial charge in [-0.15, -0.1) is 0 Å². The summed E-state index contributed by atoms with van der Waals surface area (Å²) >= 11 is 0. The van der Waals surface area contributed by atoms with E-state index in [0.29, 0.717) is 13.1 Å². The molecule has 1 atom stereocenters. The molecule has 1 saturated heterocycles. The number of aliphatic carboxylic acids is 1. The van der Waals surface area contributed by atoms with Gasteiger partial charge in [0.1, 0.15) is 11.6 Å². The van der Waals surface area contributed by atoms with Gasteiger partial charge in [0, 0.05) is 13.1 Å². The van der Waals surface area contributed by atoms with Gasteiger partial charge >= 0.3 is 12.0 Å². The van der Waals surface area contributed by atoms with E-state index in [1.807, 2.05) is 0 Å². The summed E-state index contributed by atoms with van der Waals surface area (Å²) in [6.07, 6.45) is 3.09. The van der Waals surface area contributed by atoms with Gasteiger partial charge in [0.2, 0.25) is 5.91 Å². The van der Waals surface area contributed by atoms with Gasteiger partial charge in [-0.25, -0.2) is 9.59 Å². The Morgan fingerprint density at radius 3 is 2.20 bits per heavy atom. The van der Waals surface area contributed by atoms with E-state index >= 15 is 0 Å². The fourth-order valence-electron chi connectivity index (χ4n) is 2.02. The number of hydrogen-bond donors (Lipinski definition) is 3. The van der Waals surface area contributed by atoms with Gasteiger partial charge in [-0.2, -0.15) is 0 Å². The molecule has 0 aromatic carbocycles. The molecule has 0 aliphatic carbocycles. The third-order valence-electron chi connectivity index (χ3n) is 3.35. The topological polar surface area (TPSA) is 98.7 Å². The molecule has 0 aromatic heterocycles. The standard InChI is InChI=1S/C13H23N3O4/c1-9(10(17)16-7-5-4-6-8-16)14-12(20)15-13(2,3)11(18)19/h9H,4-8H2,1-3H3,(H,18,19)(H2,14,15,20). The van der Waals surface area contributed by atoms with Crippen molar-refractivity contribution >= 4 is 17.9 Å². The second kappa shape index (κ2) is 6.58. The molecule has 3 amide bonds. The lowest BCUT2D eigenvalue weighted by atomic mass is 10.1. The van der Waals surface area contributed by atoms with Crippen LogP contribution in [0.4, 0.5) is 4.79 Å². The molecule has 1 rings (SSSR count). The van der Waals surface area contributed by atoms with Crippen LogP contribution in [0.5, 0.6) is 0 Å². The minimum absolute atomic E-state index is 0.131. The third-order valence-corrected chi connectivity index (χ3v) is 3.35. The summed E-state index contributed by atoms with van der Waals surface area (Å²) in [5.41, 5.74) is -1.38. The highest BCUT2D eigenvalue weighted by molar-refractivity contribution is 5.89. The van der Waals surface area contributed by atoms with Crippen molar-refractivity contribution in [3.63, 3.8) is 0 Å². The van der Waals surface area contributed by atoms with Crippen molar-refractivity contribution in [1.29, 1.82) is 0 Å². The molecule has 0 radical (unpaired) electrons. The average molecular weight is 285 g/mol. The maximum absolute atomic E-state index is 12.1. The van der Waals surface area contributed by atoms with Crippen LogP contribution in [0.2, 0.25) is 0 Å². The van der Waals surface area contributed by atoms with Gasteiger partial charge < -0.3 is 20.6 Å². The number of urea groups is 1. The number of rotatable bonds is 4. The molecule has 1 heterocycles. The summed E-state index contributed by atoms with van der Waals surface area (Å²) in [4.78, 5) is 36.4. The first kappa shape index (κ1) is 16.3. The highest BCUT2D eigenvalue weighted by Crippen LogP contribution is 2.10. The first-order valence-corrected chi connectivity index (χ1v) is 6.85. The van der Waals surface area contributed by atoms with Crippen LogP contribution >= 0.6 is 0 Å². The summed E-state index contributed by atoms with van der Waals surface area (Å²) in [5, 5.41) is 13.7. The summed E-state index contributed by atoms with van der Waals surface area (Å²) in [6, 6.07) is -1.33. The van der Waals surface area contributed by atoms with E-state index < -0.39 is 23.6 Å². The summed E-state index contributed by atoms with van der Waals surface area (Å²) in [7, 11) is 0. The predicted octanol–water partition coefficient (Wildman–Crippen LogP) is 0.550. The minimum atomic E-state index is -1.38. The van der Waals surface area contributed by atoms with Crippen molar-refractivity contribution in [2.75, 3.05) is 13.1 Å². The van der Waals surface area contributed by atoms with Gasteiger partial charge in [-0.05, 0) is 40.0 Å². The number of hydrogen-bond acceptors (Lipinski definition) is 3. The Morgan fingerprint density at radius 2 is 1.70 bits per heavy atom. The zero-order valence-corrected chi connectivity index (χ0v) is 12.2. The number of nitrogens with one attached hydrogen (secondary N) is 2. The van der Waals surface area contributed by atoms with E-state index in [-0.39, 0.29) is 5.91 Å². The Morgan fingerprint density at radius 1 is 1.15 bits per heavy atom. The number of nitrogens with zero attached hydrogens (tertiary/aromatic N) is 1. The van der Waals surface area contributed by atoms with E-state index in [1.54, 1.807) is 11.8 Å². The predicted molar refractivity (Wildman–Crippen MR) is 73.3 cm³/mol. The second-order valence-electron chi connectivity index (χ2n) is 5.64. The van der Waals surface area contributed by atoms with E-state index in [0.717, 1.165) is 19.3 Å². The van der Waals surface area contributed by atoms with Crippen molar-refractivity contribution in [2.24, 2.45) is 0 Å². The number of piperidine rings is 1. The molecule has 7 heteroatoms. The zero-order valence-electron chi connectivity index (χ0n) is 12.2. The molecule has 0 aromatic rings. The normalized spacial score (nSPS) is 17.2. The van der Waals surface area contributed by atoms with E-state index in [9.17, 15) is 14.4 Å². The van der Waals surface area contributed by atoms with Crippen molar-refractivity contribution in [3.8, 4) is 0 Å². The van der Waals surface area contributed by atoms with Crippen LogP contribution in [-0.2, 0) is 9.59 Å². The fourth-order valence-corrected chi connectivity index (χ4v) is 2.02. The second-order valence-corrected chi connectivity index (χ2v) is 5.64. The molecule has 3 N–H and O–H groups in total. The summed E-state index contributed by atoms with van der Waals surface area (Å²) in [6.45, 7) is 5.79. The molecule has 7 nitrogen and oxygen atoms in total. The lowest BCUT2D eigenvalue weighted by Gasteiger charge is -2.30. The maximum Gasteiger partial charge on any atom is 0.328 e. The Labute approximate surface area is 118 Å². The van der Waals surface area contributed by atoms with Crippen LogP contribution in [0.25, 0.3) is 0 Å². The van der Waals surface area contributed by atoms with Crippen LogP contribution in [0.1, 0.15) is 40.0 Å². The molecule has 1 fully saturated rings. The first-order chi connectivity index (χ1) is 9.24. The number of carboxylic acids is 1. The number of carboxylic acid groups (broad SMARTS) is 1. The smallest absolute Gasteiger partial charge is 0.328 e. The van der Waals surface area contributed by atoms with Crippen molar-refractivity contribution in [1.82, 2.24) is 15.5 Å². The highest BCUT2D eigenvalue weighted by atomic mass is 16.4. The molecule has 114 valence electrons. The van der Waals surface area contributed by atoms with E-state index in [1.165, 1.54) is 13.8 Å². The molecule has 1 unspecified atom stereocenters. The lowest BCUT2D eigenvalue weighted by Crippen LogP contribution is -2.57. The molecule has 0 bridgehead atoms. The molecule has 1 aliphatic rings. The van der Waals surface area contributed by atoms with E-state index in [2.05, 4.69) is 10.6 Å². The van der Waals surface area contributed by atoms with Crippen molar-refractivity contribution in [3.05, 3.63) is 0 Å². The monoisotopic (exact) mass is 285 g/mol. The molecular formula is C13H23N3O4. The number of likely N-dealkylation sites (tertiary alicyclic amines) is 1. The van der Waals surface area contributed by atoms with Crippen LogP contribution < -0.4 is 10.6 Å². The molecule has 20 heavy (non-hydrogen) atoms. The number of carbonyl (C=O) groups is 3. The quantitative estimate of drug-likeness (QED) is 0.702. The van der Waals surface area contributed by atoms with Crippen molar-refractivity contribution in [2.45, 2.75) is 51.6 Å². The largest absolute Gasteiger partial charge is 0.480 e. The summed E-state index contributed by atoms with van der Waals surface area (Å²) in [5.74, 6) is -1.27. The third kappa shape index (κ3) is 4.40. The fraction of sp³-hybridized carbons (Fsp3) is 0.769. The summed E-state index contributed by atoms with van der Waals surface area (Å²) < 4.78 is 0. The van der Waals surface area contributed by atoms with Crippen LogP contribution in [0.15, 0.2) is 0 Å². The van der Waals surface area contributed by atoms with Crippen LogP contribution in [0, 0.1) is 0 Å². The average Bonchev–Trinajstić information content (AvgIpc) is 2.37. The van der Waals surface area contributed by atoms with Gasteiger partial charge in [0.05, 0.1) is 0 Å². The zero-order chi connectivity index (χ0) is 15.3. The Bertz CT molecular complexity index is 389. The lowest BCUT2D eigenvalue weighted by molar-refractivity contribution is -0.142. The molecule has 1 aliphatic heterocycles. The first-order valence-electron chi connectivity index (χ1n) is 6.85. The van der Waals surface area contributed by atoms with Gasteiger partial charge in [0.25, 0.3) is 0 Å². The minimum Gasteiger partial charge on any atom is -0.480 e. The Hall–Kier alpha value is -1.79.